The number of aliphatic carboxylic acids is 1. The highest BCUT2D eigenvalue weighted by Gasteiger charge is 2.32. The fourth-order valence-corrected chi connectivity index (χ4v) is 3.95. The Morgan fingerprint density at radius 1 is 1.38 bits per heavy atom. The standard InChI is InChI=1S/C14H20N2O4S/c1-11(12-6-3-2-4-7-12)15-21(19,20)16-9-5-8-13(10-16)14(17)18/h2-4,6-7,11,13,15H,5,8-10H2,1H3,(H,17,18)/t11-,13?/m1/s1. The molecule has 1 aromatic rings. The predicted molar refractivity (Wildman–Crippen MR) is 78.8 cm³/mol. The van der Waals surface area contributed by atoms with Gasteiger partial charge in [0.1, 0.15) is 0 Å². The largest absolute Gasteiger partial charge is 0.481 e. The number of carbonyl (C=O) groups is 1. The zero-order valence-electron chi connectivity index (χ0n) is 11.9. The summed E-state index contributed by atoms with van der Waals surface area (Å²) in [6, 6.07) is 8.91. The highest BCUT2D eigenvalue weighted by atomic mass is 32.2. The van der Waals surface area contributed by atoms with Crippen LogP contribution in [0.25, 0.3) is 0 Å². The third-order valence-electron chi connectivity index (χ3n) is 3.70. The highest BCUT2D eigenvalue weighted by Crippen LogP contribution is 2.20. The monoisotopic (exact) mass is 312 g/mol. The van der Waals surface area contributed by atoms with Crippen molar-refractivity contribution >= 4 is 16.2 Å². The molecule has 7 heteroatoms. The fourth-order valence-electron chi connectivity index (χ4n) is 2.47. The van der Waals surface area contributed by atoms with Crippen LogP contribution in [-0.4, -0.2) is 36.9 Å². The molecule has 1 heterocycles. The van der Waals surface area contributed by atoms with Gasteiger partial charge in [-0.3, -0.25) is 4.79 Å². The average Bonchev–Trinajstić information content (AvgIpc) is 2.48. The molecule has 0 bridgehead atoms. The van der Waals surface area contributed by atoms with E-state index in [0.29, 0.717) is 19.4 Å². The number of nitrogens with zero attached hydrogens (tertiary/aromatic N) is 1. The van der Waals surface area contributed by atoms with Gasteiger partial charge in [-0.1, -0.05) is 30.3 Å². The predicted octanol–water partition coefficient (Wildman–Crippen LogP) is 1.38. The van der Waals surface area contributed by atoms with Gasteiger partial charge in [0.05, 0.1) is 5.92 Å². The van der Waals surface area contributed by atoms with Gasteiger partial charge in [-0.05, 0) is 25.3 Å². The number of benzene rings is 1. The number of rotatable bonds is 5. The van der Waals surface area contributed by atoms with Gasteiger partial charge in [-0.15, -0.1) is 0 Å². The molecule has 1 aromatic carbocycles. The van der Waals surface area contributed by atoms with E-state index in [1.165, 1.54) is 4.31 Å². The maximum absolute atomic E-state index is 12.4. The maximum atomic E-state index is 12.4. The summed E-state index contributed by atoms with van der Waals surface area (Å²) in [5.41, 5.74) is 0.868. The average molecular weight is 312 g/mol. The van der Waals surface area contributed by atoms with E-state index in [4.69, 9.17) is 5.11 Å². The number of carboxylic acid groups (broad SMARTS) is 1. The summed E-state index contributed by atoms with van der Waals surface area (Å²) in [6.07, 6.45) is 1.09. The molecule has 21 heavy (non-hydrogen) atoms. The summed E-state index contributed by atoms with van der Waals surface area (Å²) in [5.74, 6) is -1.56. The van der Waals surface area contributed by atoms with Crippen molar-refractivity contribution in [2.75, 3.05) is 13.1 Å². The first-order chi connectivity index (χ1) is 9.90. The summed E-state index contributed by atoms with van der Waals surface area (Å²) in [6.45, 7) is 2.16. The first-order valence-electron chi connectivity index (χ1n) is 6.95. The molecule has 1 aliphatic rings. The van der Waals surface area contributed by atoms with E-state index in [-0.39, 0.29) is 12.6 Å². The van der Waals surface area contributed by atoms with E-state index in [2.05, 4.69) is 4.72 Å². The number of nitrogens with one attached hydrogen (secondary N) is 1. The second kappa shape index (κ2) is 6.55. The molecule has 1 unspecified atom stereocenters. The minimum Gasteiger partial charge on any atom is -0.481 e. The topological polar surface area (TPSA) is 86.7 Å². The molecule has 0 spiro atoms. The van der Waals surface area contributed by atoms with E-state index < -0.39 is 22.1 Å². The summed E-state index contributed by atoms with van der Waals surface area (Å²) < 4.78 is 28.6. The van der Waals surface area contributed by atoms with Gasteiger partial charge in [-0.2, -0.15) is 17.4 Å². The molecular weight excluding hydrogens is 292 g/mol. The SMILES string of the molecule is C[C@@H](NS(=O)(=O)N1CCCC(C(=O)O)C1)c1ccccc1. The molecule has 116 valence electrons. The smallest absolute Gasteiger partial charge is 0.307 e. The normalized spacial score (nSPS) is 21.9. The number of carboxylic acids is 1. The Bertz CT molecular complexity index is 588. The van der Waals surface area contributed by atoms with E-state index >= 15 is 0 Å². The van der Waals surface area contributed by atoms with Crippen LogP contribution in [0, 0.1) is 5.92 Å². The molecule has 0 aliphatic carbocycles. The lowest BCUT2D eigenvalue weighted by Gasteiger charge is -2.30. The molecule has 1 aliphatic heterocycles. The highest BCUT2D eigenvalue weighted by molar-refractivity contribution is 7.87. The Balaban J connectivity index is 2.06. The van der Waals surface area contributed by atoms with Crippen molar-refractivity contribution in [1.82, 2.24) is 9.03 Å². The summed E-state index contributed by atoms with van der Waals surface area (Å²) in [4.78, 5) is 11.0. The molecule has 0 saturated carbocycles. The third-order valence-corrected chi connectivity index (χ3v) is 5.36. The van der Waals surface area contributed by atoms with Crippen LogP contribution in [0.2, 0.25) is 0 Å². The van der Waals surface area contributed by atoms with Crippen molar-refractivity contribution in [1.29, 1.82) is 0 Å². The van der Waals surface area contributed by atoms with Crippen LogP contribution >= 0.6 is 0 Å². The molecule has 1 fully saturated rings. The lowest BCUT2D eigenvalue weighted by molar-refractivity contribution is -0.142. The van der Waals surface area contributed by atoms with Gasteiger partial charge in [-0.25, -0.2) is 0 Å². The van der Waals surface area contributed by atoms with E-state index in [0.717, 1.165) is 5.56 Å². The van der Waals surface area contributed by atoms with Gasteiger partial charge < -0.3 is 5.11 Å². The van der Waals surface area contributed by atoms with Gasteiger partial charge in [0.15, 0.2) is 0 Å². The molecule has 0 amide bonds. The van der Waals surface area contributed by atoms with Crippen molar-refractivity contribution in [3.8, 4) is 0 Å². The zero-order valence-corrected chi connectivity index (χ0v) is 12.7. The van der Waals surface area contributed by atoms with Crippen molar-refractivity contribution in [3.63, 3.8) is 0 Å². The van der Waals surface area contributed by atoms with Crippen molar-refractivity contribution < 1.29 is 18.3 Å². The summed E-state index contributed by atoms with van der Waals surface area (Å²) >= 11 is 0. The van der Waals surface area contributed by atoms with Crippen molar-refractivity contribution in [2.45, 2.75) is 25.8 Å². The van der Waals surface area contributed by atoms with Crippen LogP contribution in [-0.2, 0) is 15.0 Å². The first-order valence-corrected chi connectivity index (χ1v) is 8.39. The Kier molecular flexibility index (Phi) is 4.97. The maximum Gasteiger partial charge on any atom is 0.307 e. The quantitative estimate of drug-likeness (QED) is 0.860. The van der Waals surface area contributed by atoms with Crippen LogP contribution in [0.3, 0.4) is 0 Å². The molecule has 0 aromatic heterocycles. The van der Waals surface area contributed by atoms with Crippen LogP contribution in [0.5, 0.6) is 0 Å². The van der Waals surface area contributed by atoms with Gasteiger partial charge in [0.2, 0.25) is 0 Å². The summed E-state index contributed by atoms with van der Waals surface area (Å²) in [7, 11) is -3.68. The van der Waals surface area contributed by atoms with Crippen LogP contribution in [0.4, 0.5) is 0 Å². The van der Waals surface area contributed by atoms with Gasteiger partial charge in [0.25, 0.3) is 10.2 Å². The van der Waals surface area contributed by atoms with Crippen molar-refractivity contribution in [2.24, 2.45) is 5.92 Å². The summed E-state index contributed by atoms with van der Waals surface area (Å²) in [5, 5.41) is 9.04. The minimum absolute atomic E-state index is 0.0339. The van der Waals surface area contributed by atoms with Crippen LogP contribution in [0.15, 0.2) is 30.3 Å². The zero-order chi connectivity index (χ0) is 15.5. The second-order valence-corrected chi connectivity index (χ2v) is 6.99. The lowest BCUT2D eigenvalue weighted by Crippen LogP contribution is -2.47. The Hall–Kier alpha value is -1.44. The first kappa shape index (κ1) is 15.9. The third kappa shape index (κ3) is 4.03. The van der Waals surface area contributed by atoms with E-state index in [9.17, 15) is 13.2 Å². The molecular formula is C14H20N2O4S. The Labute approximate surface area is 125 Å². The number of hydrogen-bond donors (Lipinski definition) is 2. The number of piperidine rings is 1. The van der Waals surface area contributed by atoms with Crippen LogP contribution in [0.1, 0.15) is 31.4 Å². The molecule has 2 N–H and O–H groups in total. The molecule has 1 saturated heterocycles. The molecule has 6 nitrogen and oxygen atoms in total. The molecule has 0 radical (unpaired) electrons. The van der Waals surface area contributed by atoms with Crippen molar-refractivity contribution in [3.05, 3.63) is 35.9 Å². The second-order valence-electron chi connectivity index (χ2n) is 5.29. The Morgan fingerprint density at radius 3 is 2.67 bits per heavy atom. The minimum atomic E-state index is -3.68. The van der Waals surface area contributed by atoms with Crippen LogP contribution < -0.4 is 4.72 Å². The Morgan fingerprint density at radius 2 is 2.05 bits per heavy atom. The fraction of sp³-hybridized carbons (Fsp3) is 0.500. The molecule has 2 atom stereocenters. The number of hydrogen-bond acceptors (Lipinski definition) is 3. The van der Waals surface area contributed by atoms with Gasteiger partial charge in [0, 0.05) is 19.1 Å². The lowest BCUT2D eigenvalue weighted by atomic mass is 10.0. The van der Waals surface area contributed by atoms with Gasteiger partial charge >= 0.3 is 5.97 Å². The molecule has 2 rings (SSSR count). The van der Waals surface area contributed by atoms with E-state index in [1.807, 2.05) is 30.3 Å². The van der Waals surface area contributed by atoms with E-state index in [1.54, 1.807) is 6.92 Å².